The minimum atomic E-state index is -2.64. The Labute approximate surface area is 414 Å². The fourth-order valence-corrected chi connectivity index (χ4v) is 10.3. The van der Waals surface area contributed by atoms with Crippen LogP contribution in [0.3, 0.4) is 0 Å². The summed E-state index contributed by atoms with van der Waals surface area (Å²) in [6.45, 7) is -2.64. The van der Waals surface area contributed by atoms with E-state index in [9.17, 15) is 0 Å². The van der Waals surface area contributed by atoms with Crippen LogP contribution in [0.4, 0.5) is 0 Å². The zero-order valence-electron chi connectivity index (χ0n) is 39.5. The summed E-state index contributed by atoms with van der Waals surface area (Å²) in [6.07, 6.45) is 5.03. The number of imidazole rings is 1. The second-order valence-electron chi connectivity index (χ2n) is 16.9. The Morgan fingerprint density at radius 3 is 1.72 bits per heavy atom. The maximum atomic E-state index is 9.09. The molecule has 5 aromatic heterocycles. The van der Waals surface area contributed by atoms with Crippen LogP contribution in [-0.2, 0) is 28.0 Å². The van der Waals surface area contributed by atoms with Crippen molar-refractivity contribution in [1.29, 1.82) is 0 Å². The van der Waals surface area contributed by atoms with Gasteiger partial charge in [0.1, 0.15) is 5.58 Å². The van der Waals surface area contributed by atoms with Gasteiger partial charge < -0.3 is 32.4 Å². The summed E-state index contributed by atoms with van der Waals surface area (Å²) in [6, 6.07) is 74.1. The molecule has 0 unspecified atom stereocenters. The third-order valence-corrected chi connectivity index (χ3v) is 13.1. The number of benzene rings is 9. The van der Waals surface area contributed by atoms with Gasteiger partial charge in [0, 0.05) is 71.3 Å². The molecule has 0 spiro atoms. The van der Waals surface area contributed by atoms with E-state index in [1.807, 2.05) is 84.9 Å². The van der Waals surface area contributed by atoms with Crippen molar-refractivity contribution in [1.82, 2.24) is 18.7 Å². The van der Waals surface area contributed by atoms with Crippen LogP contribution < -0.4 is 9.30 Å². The average Bonchev–Trinajstić information content (AvgIpc) is 4.17. The van der Waals surface area contributed by atoms with Crippen molar-refractivity contribution in [3.63, 3.8) is 0 Å². The van der Waals surface area contributed by atoms with Gasteiger partial charge in [-0.15, -0.1) is 12.1 Å². The number of hydrogen-bond acceptors (Lipinski definition) is 3. The number of pyridine rings is 1. The second-order valence-corrected chi connectivity index (χ2v) is 16.9. The molecule has 0 atom stereocenters. The minimum absolute atomic E-state index is 0. The molecule has 0 radical (unpaired) electrons. The molecule has 14 aromatic rings. The van der Waals surface area contributed by atoms with Crippen molar-refractivity contribution in [3.8, 4) is 50.9 Å². The predicted molar refractivity (Wildman–Crippen MR) is 272 cm³/mol. The van der Waals surface area contributed by atoms with Gasteiger partial charge in [0.25, 0.3) is 0 Å². The van der Waals surface area contributed by atoms with Crippen molar-refractivity contribution in [3.05, 3.63) is 225 Å². The summed E-state index contributed by atoms with van der Waals surface area (Å²) in [7, 11) is 0. The van der Waals surface area contributed by atoms with E-state index < -0.39 is 6.98 Å². The quantitative estimate of drug-likeness (QED) is 0.118. The number of rotatable bonds is 7. The summed E-state index contributed by atoms with van der Waals surface area (Å²) in [5.74, 6) is 0.841. The molecule has 0 aliphatic rings. The van der Waals surface area contributed by atoms with E-state index in [-0.39, 0.29) is 21.1 Å². The molecule has 69 heavy (non-hydrogen) atoms. The van der Waals surface area contributed by atoms with E-state index >= 15 is 0 Å². The van der Waals surface area contributed by atoms with Crippen molar-refractivity contribution < 1.29 is 38.9 Å². The number of ether oxygens (including phenoxy) is 1. The maximum Gasteiger partial charge on any atom is 0.242 e. The molecule has 7 nitrogen and oxygen atoms in total. The molecule has 14 rings (SSSR count). The van der Waals surface area contributed by atoms with Gasteiger partial charge in [-0.25, -0.2) is 0 Å². The number of aryl methyl sites for hydroxylation is 1. The molecular weight excluding hydrogens is 1030 g/mol. The standard InChI is InChI=1S/C61H37N5O2.Pt/c1-63-38-64(39-17-14-18-40(35-39)67-41-36-48-46-23-6-11-33-58(46)68-61(48)49(37-41)50-25-12-13-34-62-50)57-32-15-24-47(60(57)63)59-55(65-51-26-7-2-19-42(51)43-20-3-8-27-52(43)65)30-16-31-56(59)66-53-28-9-4-21-44(53)45-22-5-10-29-54(45)66;/h2-34,36H,1H3;/q-2;/i1D3;. The summed E-state index contributed by atoms with van der Waals surface area (Å²) in [5, 5.41) is 6.28. The van der Waals surface area contributed by atoms with Gasteiger partial charge in [0.15, 0.2) is 0 Å². The monoisotopic (exact) mass is 1070 g/mol. The van der Waals surface area contributed by atoms with E-state index in [1.54, 1.807) is 10.8 Å². The molecular formula is C61H37N5O2Pt-2. The third kappa shape index (κ3) is 6.31. The average molecular weight is 1070 g/mol. The summed E-state index contributed by atoms with van der Waals surface area (Å²) < 4.78 is 47.9. The molecule has 5 heterocycles. The van der Waals surface area contributed by atoms with Gasteiger partial charge in [0.05, 0.1) is 61.1 Å². The molecule has 0 N–H and O–H groups in total. The number of para-hydroxylation sites is 6. The molecule has 0 amide bonds. The first-order chi connectivity index (χ1) is 34.9. The fraction of sp³-hybridized carbons (Fsp3) is 0.0164. The van der Waals surface area contributed by atoms with Crippen LogP contribution in [0.25, 0.3) is 116 Å². The van der Waals surface area contributed by atoms with Crippen LogP contribution in [-0.4, -0.2) is 18.7 Å². The molecule has 0 aliphatic carbocycles. The minimum Gasteiger partial charge on any atom is -0.504 e. The van der Waals surface area contributed by atoms with Crippen LogP contribution in [0.5, 0.6) is 11.5 Å². The van der Waals surface area contributed by atoms with Crippen LogP contribution >= 0.6 is 0 Å². The largest absolute Gasteiger partial charge is 0.504 e. The van der Waals surface area contributed by atoms with Gasteiger partial charge >= 0.3 is 0 Å². The predicted octanol–water partition coefficient (Wildman–Crippen LogP) is 14.5. The fourth-order valence-electron chi connectivity index (χ4n) is 10.3. The van der Waals surface area contributed by atoms with Crippen LogP contribution in [0.15, 0.2) is 211 Å². The van der Waals surface area contributed by atoms with E-state index in [0.717, 1.165) is 76.9 Å². The van der Waals surface area contributed by atoms with E-state index in [1.165, 1.54) is 4.57 Å². The Morgan fingerprint density at radius 2 is 1.10 bits per heavy atom. The van der Waals surface area contributed by atoms with Crippen molar-refractivity contribution >= 4 is 76.6 Å². The van der Waals surface area contributed by atoms with Gasteiger partial charge in [-0.1, -0.05) is 156 Å². The first-order valence-corrected chi connectivity index (χ1v) is 22.5. The van der Waals surface area contributed by atoms with Gasteiger partial charge in [0.2, 0.25) is 6.33 Å². The molecule has 0 saturated carbocycles. The number of aromatic nitrogens is 5. The van der Waals surface area contributed by atoms with Gasteiger partial charge in [-0.3, -0.25) is 0 Å². The van der Waals surface area contributed by atoms with E-state index in [2.05, 4.69) is 148 Å². The van der Waals surface area contributed by atoms with Crippen LogP contribution in [0, 0.1) is 18.5 Å². The Balaban J connectivity index is 0.00000504. The Hall–Kier alpha value is -8.51. The Kier molecular flexibility index (Phi) is 8.76. The second kappa shape index (κ2) is 16.1. The zero-order chi connectivity index (χ0) is 47.4. The normalized spacial score (nSPS) is 12.6. The van der Waals surface area contributed by atoms with Crippen LogP contribution in [0.1, 0.15) is 4.11 Å². The first-order valence-electron chi connectivity index (χ1n) is 24.0. The Bertz CT molecular complexity index is 4220. The summed E-state index contributed by atoms with van der Waals surface area (Å²) in [4.78, 5) is 4.63. The van der Waals surface area contributed by atoms with Crippen molar-refractivity contribution in [2.24, 2.45) is 6.98 Å². The van der Waals surface area contributed by atoms with Crippen LogP contribution in [0.2, 0.25) is 0 Å². The van der Waals surface area contributed by atoms with Crippen molar-refractivity contribution in [2.75, 3.05) is 0 Å². The van der Waals surface area contributed by atoms with Gasteiger partial charge in [-0.05, 0) is 59.8 Å². The number of hydrogen-bond donors (Lipinski definition) is 0. The molecule has 330 valence electrons. The zero-order valence-corrected chi connectivity index (χ0v) is 38.8. The van der Waals surface area contributed by atoms with E-state index in [0.29, 0.717) is 50.6 Å². The molecule has 0 bridgehead atoms. The summed E-state index contributed by atoms with van der Waals surface area (Å²) in [5.41, 5.74) is 11.9. The maximum absolute atomic E-state index is 9.09. The molecule has 8 heteroatoms. The number of fused-ring (bicyclic) bond motifs is 10. The summed E-state index contributed by atoms with van der Waals surface area (Å²) >= 11 is 0. The SMILES string of the molecule is [2H]C([2H])([2H])[n+]1[c-]n(-c2[c-]c(Oc3[c-]c(-c4ccccn4)c4oc5ccccc5c4c3)ccc2)c2cccc(-c3c(-n4c5ccccc5c5ccccc54)cccc3-n3c4ccccc4c4ccccc43)c21.[Pt]. The first kappa shape index (κ1) is 37.6. The molecule has 0 aliphatic heterocycles. The topological polar surface area (TPSA) is 53.9 Å². The van der Waals surface area contributed by atoms with E-state index in [4.69, 9.17) is 13.3 Å². The molecule has 9 aromatic carbocycles. The molecule has 0 saturated heterocycles. The Morgan fingerprint density at radius 1 is 0.536 bits per heavy atom. The third-order valence-electron chi connectivity index (χ3n) is 13.1. The van der Waals surface area contributed by atoms with Gasteiger partial charge in [-0.2, -0.15) is 12.1 Å². The number of furan rings is 1. The molecule has 0 fully saturated rings. The van der Waals surface area contributed by atoms with Crippen molar-refractivity contribution in [2.45, 2.75) is 0 Å². The smallest absolute Gasteiger partial charge is 0.242 e. The number of nitrogens with zero attached hydrogens (tertiary/aromatic N) is 5.